The van der Waals surface area contributed by atoms with Crippen molar-refractivity contribution in [3.8, 4) is 5.75 Å². The number of benzene rings is 1. The molecule has 9 nitrogen and oxygen atoms in total. The molecule has 10 heteroatoms. The highest BCUT2D eigenvalue weighted by Gasteiger charge is 2.25. The van der Waals surface area contributed by atoms with Gasteiger partial charge in [0.2, 0.25) is 11.9 Å². The Morgan fingerprint density at radius 2 is 2.19 bits per heavy atom. The molecule has 0 fully saturated rings. The summed E-state index contributed by atoms with van der Waals surface area (Å²) in [6.07, 6.45) is 0. The van der Waals surface area contributed by atoms with Crippen LogP contribution in [0.5, 0.6) is 5.75 Å². The molecule has 0 saturated heterocycles. The zero-order valence-corrected chi connectivity index (χ0v) is 16.3. The third kappa shape index (κ3) is 2.76. The highest BCUT2D eigenvalue weighted by atomic mass is 79.9. The Labute approximate surface area is 162 Å². The number of primary amides is 1. The van der Waals surface area contributed by atoms with Gasteiger partial charge in [0.25, 0.3) is 5.91 Å². The maximum atomic E-state index is 12.9. The summed E-state index contributed by atoms with van der Waals surface area (Å²) in [5.74, 6) is 0.0264. The summed E-state index contributed by atoms with van der Waals surface area (Å²) in [6.45, 7) is 5.24. The molecule has 2 amide bonds. The summed E-state index contributed by atoms with van der Waals surface area (Å²) in [5.41, 5.74) is 8.12. The molecular weight excluding hydrogens is 416 g/mol. The first-order valence-electron chi connectivity index (χ1n) is 8.41. The van der Waals surface area contributed by atoms with Crippen LogP contribution in [0.3, 0.4) is 0 Å². The van der Waals surface area contributed by atoms with Crippen molar-refractivity contribution in [1.29, 1.82) is 0 Å². The molecule has 0 radical (unpaired) electrons. The summed E-state index contributed by atoms with van der Waals surface area (Å²) >= 11 is 3.43. The number of nitrogens with one attached hydrogen (secondary N) is 1. The van der Waals surface area contributed by atoms with Crippen LogP contribution in [0.25, 0.3) is 11.0 Å². The molecule has 4 rings (SSSR count). The van der Waals surface area contributed by atoms with Gasteiger partial charge in [0.1, 0.15) is 23.6 Å². The van der Waals surface area contributed by atoms with Crippen LogP contribution in [0.2, 0.25) is 0 Å². The van der Waals surface area contributed by atoms with Gasteiger partial charge in [-0.2, -0.15) is 5.10 Å². The third-order valence-electron chi connectivity index (χ3n) is 4.46. The number of hydrogen-bond donors (Lipinski definition) is 2. The van der Waals surface area contributed by atoms with Gasteiger partial charge in [0, 0.05) is 12.1 Å². The maximum Gasteiger partial charge on any atom is 0.277 e. The molecular formula is C17H17BrN6O3. The van der Waals surface area contributed by atoms with Gasteiger partial charge in [-0.25, -0.2) is 4.98 Å². The molecule has 1 aromatic carbocycles. The van der Waals surface area contributed by atoms with E-state index in [2.05, 4.69) is 31.3 Å². The number of nitrogens with zero attached hydrogens (tertiary/aromatic N) is 4. The van der Waals surface area contributed by atoms with Gasteiger partial charge in [-0.1, -0.05) is 0 Å². The molecule has 0 aliphatic carbocycles. The highest BCUT2D eigenvalue weighted by molar-refractivity contribution is 9.10. The fourth-order valence-corrected chi connectivity index (χ4v) is 3.67. The van der Waals surface area contributed by atoms with Crippen LogP contribution in [0.4, 0.5) is 5.95 Å². The quantitative estimate of drug-likeness (QED) is 0.654. The first-order chi connectivity index (χ1) is 12.9. The predicted molar refractivity (Wildman–Crippen MR) is 102 cm³/mol. The second kappa shape index (κ2) is 6.38. The Morgan fingerprint density at radius 3 is 2.89 bits per heavy atom. The van der Waals surface area contributed by atoms with Gasteiger partial charge in [-0.05, 0) is 41.9 Å². The summed E-state index contributed by atoms with van der Waals surface area (Å²) in [5, 5.41) is 7.20. The van der Waals surface area contributed by atoms with Gasteiger partial charge in [0.05, 0.1) is 22.2 Å². The van der Waals surface area contributed by atoms with Crippen LogP contribution < -0.4 is 15.8 Å². The Balaban J connectivity index is 1.78. The molecule has 0 spiro atoms. The normalized spacial score (nSPS) is 12.9. The number of aryl methyl sites for hydroxylation is 2. The average Bonchev–Trinajstić information content (AvgIpc) is 3.13. The molecule has 3 N–H and O–H groups in total. The number of carbonyl (C=O) groups is 2. The molecule has 0 unspecified atom stereocenters. The van der Waals surface area contributed by atoms with Gasteiger partial charge in [-0.3, -0.25) is 19.6 Å². The topological polar surface area (TPSA) is 117 Å². The van der Waals surface area contributed by atoms with E-state index in [4.69, 9.17) is 10.5 Å². The van der Waals surface area contributed by atoms with E-state index in [0.717, 1.165) is 11.2 Å². The molecule has 3 aromatic rings. The number of nitrogens with two attached hydrogens (primary N) is 1. The molecule has 27 heavy (non-hydrogen) atoms. The van der Waals surface area contributed by atoms with Gasteiger partial charge in [0.15, 0.2) is 0 Å². The Bertz CT molecular complexity index is 1100. The Hall–Kier alpha value is -2.88. The van der Waals surface area contributed by atoms with Crippen molar-refractivity contribution >= 4 is 44.7 Å². The minimum Gasteiger partial charge on any atom is -0.489 e. The van der Waals surface area contributed by atoms with Crippen LogP contribution in [-0.2, 0) is 13.1 Å². The number of aromatic nitrogens is 4. The summed E-state index contributed by atoms with van der Waals surface area (Å²) in [4.78, 5) is 28.9. The number of amides is 2. The molecule has 0 bridgehead atoms. The number of imidazole rings is 1. The Kier molecular flexibility index (Phi) is 4.14. The number of carbonyl (C=O) groups excluding carboxylic acids is 2. The minimum absolute atomic E-state index is 0.310. The largest absolute Gasteiger partial charge is 0.489 e. The number of hydrogen-bond acceptors (Lipinski definition) is 5. The second-order valence-corrected chi connectivity index (χ2v) is 6.95. The van der Waals surface area contributed by atoms with E-state index in [1.165, 1.54) is 0 Å². The van der Waals surface area contributed by atoms with Crippen molar-refractivity contribution in [3.63, 3.8) is 0 Å². The van der Waals surface area contributed by atoms with Crippen molar-refractivity contribution in [2.24, 2.45) is 5.73 Å². The highest BCUT2D eigenvalue weighted by Crippen LogP contribution is 2.33. The molecule has 140 valence electrons. The van der Waals surface area contributed by atoms with Crippen LogP contribution in [0, 0.1) is 6.92 Å². The SMILES string of the molecule is CCn1nc(C)c(Br)c1C(=O)Nc1nc2cc(C(N)=O)cc3c2n1CCO3. The van der Waals surface area contributed by atoms with E-state index in [9.17, 15) is 9.59 Å². The number of anilines is 1. The lowest BCUT2D eigenvalue weighted by molar-refractivity contribution is 0.0995. The monoisotopic (exact) mass is 432 g/mol. The first kappa shape index (κ1) is 17.5. The van der Waals surface area contributed by atoms with Crippen LogP contribution in [0.1, 0.15) is 33.5 Å². The molecule has 1 aliphatic heterocycles. The molecule has 3 heterocycles. The number of ether oxygens (including phenoxy) is 1. The molecule has 2 aromatic heterocycles. The van der Waals surface area contributed by atoms with E-state index < -0.39 is 5.91 Å². The van der Waals surface area contributed by atoms with Gasteiger partial charge >= 0.3 is 0 Å². The fraction of sp³-hybridized carbons (Fsp3) is 0.294. The van der Waals surface area contributed by atoms with Crippen molar-refractivity contribution < 1.29 is 14.3 Å². The lowest BCUT2D eigenvalue weighted by Crippen LogP contribution is -2.22. The van der Waals surface area contributed by atoms with E-state index >= 15 is 0 Å². The van der Waals surface area contributed by atoms with E-state index in [1.54, 1.807) is 16.8 Å². The van der Waals surface area contributed by atoms with Crippen molar-refractivity contribution in [2.75, 3.05) is 11.9 Å². The standard InChI is InChI=1S/C17H17BrN6O3/c1-3-24-14(12(18)8(2)22-24)16(26)21-17-20-10-6-9(15(19)25)7-11-13(10)23(17)4-5-27-11/h6-7H,3-5H2,1-2H3,(H2,19,25)(H,20,21,26). The van der Waals surface area contributed by atoms with Crippen molar-refractivity contribution in [2.45, 2.75) is 26.9 Å². The molecule has 0 saturated carbocycles. The van der Waals surface area contributed by atoms with Crippen LogP contribution >= 0.6 is 15.9 Å². The van der Waals surface area contributed by atoms with Crippen molar-refractivity contribution in [3.05, 3.63) is 33.6 Å². The maximum absolute atomic E-state index is 12.9. The van der Waals surface area contributed by atoms with E-state index in [1.807, 2.05) is 18.4 Å². The zero-order chi connectivity index (χ0) is 19.3. The Morgan fingerprint density at radius 1 is 1.41 bits per heavy atom. The van der Waals surface area contributed by atoms with Crippen LogP contribution in [-0.4, -0.2) is 37.8 Å². The smallest absolute Gasteiger partial charge is 0.277 e. The number of halogens is 1. The summed E-state index contributed by atoms with van der Waals surface area (Å²) < 4.78 is 9.79. The summed E-state index contributed by atoms with van der Waals surface area (Å²) in [6, 6.07) is 3.19. The summed E-state index contributed by atoms with van der Waals surface area (Å²) in [7, 11) is 0. The fourth-order valence-electron chi connectivity index (χ4n) is 3.21. The van der Waals surface area contributed by atoms with Crippen LogP contribution in [0.15, 0.2) is 16.6 Å². The zero-order valence-electron chi connectivity index (χ0n) is 14.7. The lowest BCUT2D eigenvalue weighted by atomic mass is 10.1. The number of rotatable bonds is 4. The van der Waals surface area contributed by atoms with Crippen molar-refractivity contribution in [1.82, 2.24) is 19.3 Å². The van der Waals surface area contributed by atoms with Gasteiger partial charge in [-0.15, -0.1) is 0 Å². The average molecular weight is 433 g/mol. The van der Waals surface area contributed by atoms with E-state index in [-0.39, 0.29) is 5.91 Å². The van der Waals surface area contributed by atoms with Gasteiger partial charge < -0.3 is 15.0 Å². The first-order valence-corrected chi connectivity index (χ1v) is 9.21. The second-order valence-electron chi connectivity index (χ2n) is 6.16. The lowest BCUT2D eigenvalue weighted by Gasteiger charge is -2.18. The molecule has 1 aliphatic rings. The third-order valence-corrected chi connectivity index (χ3v) is 5.41. The molecule has 0 atom stereocenters. The predicted octanol–water partition coefficient (Wildman–Crippen LogP) is 2.07. The van der Waals surface area contributed by atoms with E-state index in [0.29, 0.717) is 52.6 Å². The minimum atomic E-state index is -0.561.